The number of aryl methyl sites for hydroxylation is 1. The van der Waals surface area contributed by atoms with Crippen LogP contribution in [0.4, 0.5) is 5.69 Å². The van der Waals surface area contributed by atoms with Crippen LogP contribution in [0, 0.1) is 12.3 Å². The predicted octanol–water partition coefficient (Wildman–Crippen LogP) is 3.09. The molecule has 0 fully saturated rings. The van der Waals surface area contributed by atoms with Gasteiger partial charge in [-0.3, -0.25) is 10.2 Å². The Morgan fingerprint density at radius 1 is 1.30 bits per heavy atom. The zero-order valence-electron chi connectivity index (χ0n) is 17.8. The number of allylic oxidation sites excluding steroid dienone is 1. The van der Waals surface area contributed by atoms with Crippen molar-refractivity contribution in [3.8, 4) is 11.6 Å². The Morgan fingerprint density at radius 3 is 2.63 bits per heavy atom. The summed E-state index contributed by atoms with van der Waals surface area (Å²) >= 11 is 0. The van der Waals surface area contributed by atoms with E-state index in [1.807, 2.05) is 26.8 Å². The maximum absolute atomic E-state index is 12.5. The summed E-state index contributed by atoms with van der Waals surface area (Å²) in [5, 5.41) is 11.2. The summed E-state index contributed by atoms with van der Waals surface area (Å²) in [6.45, 7) is 6.05. The van der Waals surface area contributed by atoms with E-state index < -0.39 is 11.8 Å². The minimum atomic E-state index is -0.548. The molecule has 1 aromatic carbocycles. The first-order valence-corrected chi connectivity index (χ1v) is 9.54. The second-order valence-electron chi connectivity index (χ2n) is 6.92. The van der Waals surface area contributed by atoms with Gasteiger partial charge in [0.25, 0.3) is 0 Å². The summed E-state index contributed by atoms with van der Waals surface area (Å²) in [6.07, 6.45) is 1.73. The molecule has 1 atom stereocenters. The lowest BCUT2D eigenvalue weighted by Crippen LogP contribution is -2.28. The van der Waals surface area contributed by atoms with Crippen LogP contribution in [-0.2, 0) is 9.53 Å². The minimum absolute atomic E-state index is 0.0138. The average Bonchev–Trinajstić information content (AvgIpc) is 2.73. The number of nitrogens with one attached hydrogen (secondary N) is 2. The standard InChI is InChI=1S/C22H26N4O4/c1-6-30-22-18-17(14-8-7-13(21(24)29-5)9-15(14)28-4)16(20(23)27)12(3)26-19(18)11(2)10-25-22/h7-10,17,24,26H,6H2,1-5H3,(H2,23,27). The normalized spacial score (nSPS) is 15.2. The van der Waals surface area contributed by atoms with Gasteiger partial charge in [0.15, 0.2) is 0 Å². The van der Waals surface area contributed by atoms with Gasteiger partial charge in [-0.15, -0.1) is 0 Å². The number of aromatic nitrogens is 1. The molecule has 1 aliphatic heterocycles. The summed E-state index contributed by atoms with van der Waals surface area (Å²) in [5.74, 6) is -0.149. The highest BCUT2D eigenvalue weighted by Crippen LogP contribution is 2.48. The number of carbonyl (C=O) groups is 1. The Kier molecular flexibility index (Phi) is 5.96. The number of hydrogen-bond donors (Lipinski definition) is 3. The molecule has 0 aliphatic carbocycles. The van der Waals surface area contributed by atoms with E-state index >= 15 is 0 Å². The van der Waals surface area contributed by atoms with E-state index in [4.69, 9.17) is 25.4 Å². The van der Waals surface area contributed by atoms with Gasteiger partial charge in [0.05, 0.1) is 38.0 Å². The predicted molar refractivity (Wildman–Crippen MR) is 114 cm³/mol. The highest BCUT2D eigenvalue weighted by molar-refractivity contribution is 5.98. The summed E-state index contributed by atoms with van der Waals surface area (Å²) in [4.78, 5) is 17.0. The van der Waals surface area contributed by atoms with Crippen LogP contribution in [0.2, 0.25) is 0 Å². The van der Waals surface area contributed by atoms with Gasteiger partial charge < -0.3 is 25.3 Å². The number of pyridine rings is 1. The lowest BCUT2D eigenvalue weighted by molar-refractivity contribution is -0.114. The van der Waals surface area contributed by atoms with Gasteiger partial charge in [-0.2, -0.15) is 0 Å². The SMILES string of the molecule is CCOc1ncc(C)c2c1C(c1ccc(C(=N)OC)cc1OC)C(C(N)=O)=C(C)N2. The van der Waals surface area contributed by atoms with Crippen LogP contribution >= 0.6 is 0 Å². The molecule has 0 spiro atoms. The molecule has 1 unspecified atom stereocenters. The van der Waals surface area contributed by atoms with Crippen molar-refractivity contribution in [3.05, 3.63) is 57.9 Å². The number of nitrogens with zero attached hydrogens (tertiary/aromatic N) is 1. The van der Waals surface area contributed by atoms with Crippen molar-refractivity contribution in [2.24, 2.45) is 5.73 Å². The van der Waals surface area contributed by atoms with Crippen molar-refractivity contribution >= 4 is 17.5 Å². The third-order valence-corrected chi connectivity index (χ3v) is 5.12. The highest BCUT2D eigenvalue weighted by Gasteiger charge is 2.37. The molecule has 2 heterocycles. The minimum Gasteiger partial charge on any atom is -0.496 e. The van der Waals surface area contributed by atoms with Crippen molar-refractivity contribution in [1.29, 1.82) is 5.41 Å². The van der Waals surface area contributed by atoms with Gasteiger partial charge in [0, 0.05) is 28.6 Å². The number of ether oxygens (including phenoxy) is 3. The van der Waals surface area contributed by atoms with Gasteiger partial charge in [-0.1, -0.05) is 6.07 Å². The van der Waals surface area contributed by atoms with E-state index in [2.05, 4.69) is 10.3 Å². The molecule has 0 radical (unpaired) electrons. The maximum atomic E-state index is 12.5. The number of primary amides is 1. The number of methoxy groups -OCH3 is 2. The van der Waals surface area contributed by atoms with E-state index in [1.54, 1.807) is 25.4 Å². The molecule has 8 heteroatoms. The van der Waals surface area contributed by atoms with E-state index in [0.717, 1.165) is 22.4 Å². The topological polar surface area (TPSA) is 120 Å². The van der Waals surface area contributed by atoms with Crippen molar-refractivity contribution in [2.75, 3.05) is 26.1 Å². The van der Waals surface area contributed by atoms with Gasteiger partial charge in [-0.25, -0.2) is 4.98 Å². The quantitative estimate of drug-likeness (QED) is 0.497. The fourth-order valence-corrected chi connectivity index (χ4v) is 3.76. The third-order valence-electron chi connectivity index (χ3n) is 5.12. The van der Waals surface area contributed by atoms with E-state index in [0.29, 0.717) is 35.1 Å². The molecule has 30 heavy (non-hydrogen) atoms. The zero-order valence-corrected chi connectivity index (χ0v) is 17.8. The number of anilines is 1. The Morgan fingerprint density at radius 2 is 2.03 bits per heavy atom. The van der Waals surface area contributed by atoms with E-state index in [-0.39, 0.29) is 5.90 Å². The largest absolute Gasteiger partial charge is 0.496 e. The Labute approximate surface area is 175 Å². The molecule has 4 N–H and O–H groups in total. The molecular weight excluding hydrogens is 384 g/mol. The van der Waals surface area contributed by atoms with Gasteiger partial charge >= 0.3 is 0 Å². The van der Waals surface area contributed by atoms with Gasteiger partial charge in [0.1, 0.15) is 5.75 Å². The molecule has 3 rings (SSSR count). The molecule has 8 nitrogen and oxygen atoms in total. The summed E-state index contributed by atoms with van der Waals surface area (Å²) in [6, 6.07) is 5.28. The lowest BCUT2D eigenvalue weighted by Gasteiger charge is -2.32. The fraction of sp³-hybridized carbons (Fsp3) is 0.318. The van der Waals surface area contributed by atoms with E-state index in [9.17, 15) is 4.79 Å². The molecule has 1 amide bonds. The molecule has 2 aromatic rings. The van der Waals surface area contributed by atoms with Crippen molar-refractivity contribution in [2.45, 2.75) is 26.7 Å². The molecule has 0 bridgehead atoms. The van der Waals surface area contributed by atoms with Gasteiger partial charge in [0.2, 0.25) is 17.7 Å². The van der Waals surface area contributed by atoms with Crippen LogP contribution in [0.15, 0.2) is 35.7 Å². The average molecular weight is 410 g/mol. The first-order valence-electron chi connectivity index (χ1n) is 9.54. The first-order chi connectivity index (χ1) is 14.3. The van der Waals surface area contributed by atoms with Crippen LogP contribution < -0.4 is 20.5 Å². The molecular formula is C22H26N4O4. The monoisotopic (exact) mass is 410 g/mol. The molecule has 0 saturated carbocycles. The van der Waals surface area contributed by atoms with Crippen molar-refractivity contribution in [1.82, 2.24) is 4.98 Å². The lowest BCUT2D eigenvalue weighted by atomic mass is 9.79. The maximum Gasteiger partial charge on any atom is 0.247 e. The summed E-state index contributed by atoms with van der Waals surface area (Å²) in [7, 11) is 2.98. The fourth-order valence-electron chi connectivity index (χ4n) is 3.76. The number of nitrogens with two attached hydrogens (primary N) is 1. The second kappa shape index (κ2) is 8.44. The molecule has 1 aliphatic rings. The second-order valence-corrected chi connectivity index (χ2v) is 6.92. The first kappa shape index (κ1) is 21.2. The Hall–Kier alpha value is -3.55. The number of fused-ring (bicyclic) bond motifs is 1. The van der Waals surface area contributed by atoms with Crippen LogP contribution in [0.5, 0.6) is 11.6 Å². The Balaban J connectivity index is 2.33. The van der Waals surface area contributed by atoms with E-state index in [1.165, 1.54) is 7.11 Å². The summed E-state index contributed by atoms with van der Waals surface area (Å²) < 4.78 is 16.5. The van der Waals surface area contributed by atoms with Crippen molar-refractivity contribution in [3.63, 3.8) is 0 Å². The number of benzene rings is 1. The number of hydrogen-bond acceptors (Lipinski definition) is 7. The molecule has 1 aromatic heterocycles. The van der Waals surface area contributed by atoms with Crippen LogP contribution in [0.25, 0.3) is 0 Å². The zero-order chi connectivity index (χ0) is 22.0. The smallest absolute Gasteiger partial charge is 0.247 e. The molecule has 158 valence electrons. The van der Waals surface area contributed by atoms with Crippen LogP contribution in [0.1, 0.15) is 42.0 Å². The third kappa shape index (κ3) is 3.56. The highest BCUT2D eigenvalue weighted by atomic mass is 16.5. The number of carbonyl (C=O) groups excluding carboxylic acids is 1. The molecule has 0 saturated heterocycles. The summed E-state index contributed by atoms with van der Waals surface area (Å²) in [5.41, 5.74) is 10.6. The van der Waals surface area contributed by atoms with Crippen molar-refractivity contribution < 1.29 is 19.0 Å². The van der Waals surface area contributed by atoms with Gasteiger partial charge in [-0.05, 0) is 38.5 Å². The number of amides is 1. The van der Waals surface area contributed by atoms with Crippen LogP contribution in [-0.4, -0.2) is 37.6 Å². The van der Waals surface area contributed by atoms with Crippen LogP contribution in [0.3, 0.4) is 0 Å². The Bertz CT molecular complexity index is 1050. The number of rotatable bonds is 6.